The highest BCUT2D eigenvalue weighted by atomic mass is 32.2. The monoisotopic (exact) mass is 340 g/mol. The average molecular weight is 340 g/mol. The van der Waals surface area contributed by atoms with Gasteiger partial charge in [-0.15, -0.1) is 0 Å². The lowest BCUT2D eigenvalue weighted by atomic mass is 10.4. The number of morpholine rings is 1. The number of ether oxygens (including phenoxy) is 1. The molecule has 0 unspecified atom stereocenters. The zero-order chi connectivity index (χ0) is 16.6. The second kappa shape index (κ2) is 6.50. The van der Waals surface area contributed by atoms with Crippen molar-refractivity contribution in [1.29, 1.82) is 0 Å². The molecule has 0 bridgehead atoms. The van der Waals surface area contributed by atoms with E-state index in [-0.39, 0.29) is 11.2 Å². The van der Waals surface area contributed by atoms with E-state index in [4.69, 9.17) is 4.74 Å². The fourth-order valence-corrected chi connectivity index (χ4v) is 3.83. The molecule has 0 spiro atoms. The molecule has 2 aromatic rings. The van der Waals surface area contributed by atoms with E-state index in [0.29, 0.717) is 11.2 Å². The van der Waals surface area contributed by atoms with Crippen LogP contribution in [0.15, 0.2) is 14.7 Å². The van der Waals surface area contributed by atoms with E-state index in [2.05, 4.69) is 4.98 Å². The van der Waals surface area contributed by atoms with E-state index in [1.165, 1.54) is 16.5 Å². The molecule has 3 heterocycles. The van der Waals surface area contributed by atoms with Gasteiger partial charge in [0.2, 0.25) is 0 Å². The van der Waals surface area contributed by atoms with E-state index in [1.54, 1.807) is 23.4 Å². The molecule has 126 valence electrons. The van der Waals surface area contributed by atoms with Crippen LogP contribution in [0, 0.1) is 0 Å². The van der Waals surface area contributed by atoms with E-state index >= 15 is 0 Å². The molecule has 0 amide bonds. The maximum atomic E-state index is 12.3. The lowest BCUT2D eigenvalue weighted by Crippen LogP contribution is -3.14. The highest BCUT2D eigenvalue weighted by Crippen LogP contribution is 2.19. The van der Waals surface area contributed by atoms with Crippen LogP contribution in [0.5, 0.6) is 0 Å². The van der Waals surface area contributed by atoms with Crippen molar-refractivity contribution < 1.29 is 9.64 Å². The van der Waals surface area contributed by atoms with Crippen molar-refractivity contribution in [2.75, 3.05) is 38.6 Å². The highest BCUT2D eigenvalue weighted by molar-refractivity contribution is 7.99. The summed E-state index contributed by atoms with van der Waals surface area (Å²) in [5, 5.41) is 0.769. The van der Waals surface area contributed by atoms with Gasteiger partial charge in [0.15, 0.2) is 16.3 Å². The number of hydrogen-bond donors (Lipinski definition) is 1. The van der Waals surface area contributed by atoms with Gasteiger partial charge >= 0.3 is 5.69 Å². The number of rotatable bonds is 4. The third-order valence-electron chi connectivity index (χ3n) is 4.32. The third kappa shape index (κ3) is 2.96. The number of hydrogen-bond acceptors (Lipinski definition) is 5. The predicted octanol–water partition coefficient (Wildman–Crippen LogP) is -2.02. The van der Waals surface area contributed by atoms with E-state index < -0.39 is 0 Å². The molecule has 0 radical (unpaired) electrons. The maximum Gasteiger partial charge on any atom is 0.332 e. The highest BCUT2D eigenvalue weighted by Gasteiger charge is 2.18. The van der Waals surface area contributed by atoms with Crippen LogP contribution in [-0.4, -0.2) is 57.3 Å². The summed E-state index contributed by atoms with van der Waals surface area (Å²) in [6.45, 7) is 4.76. The Morgan fingerprint density at radius 1 is 1.13 bits per heavy atom. The van der Waals surface area contributed by atoms with Gasteiger partial charge in [0, 0.05) is 21.1 Å². The molecule has 8 nitrogen and oxygen atoms in total. The van der Waals surface area contributed by atoms with Crippen molar-refractivity contribution in [2.24, 2.45) is 21.1 Å². The zero-order valence-corrected chi connectivity index (χ0v) is 14.5. The van der Waals surface area contributed by atoms with Gasteiger partial charge in [-0.05, 0) is 0 Å². The van der Waals surface area contributed by atoms with Gasteiger partial charge in [0.1, 0.15) is 13.1 Å². The molecular formula is C14H22N5O3S+. The quantitative estimate of drug-likeness (QED) is 0.650. The Kier molecular flexibility index (Phi) is 4.60. The normalized spacial score (nSPS) is 16.3. The van der Waals surface area contributed by atoms with Gasteiger partial charge in [-0.1, -0.05) is 11.8 Å². The smallest absolute Gasteiger partial charge is 0.332 e. The fourth-order valence-electron chi connectivity index (χ4n) is 2.82. The molecule has 23 heavy (non-hydrogen) atoms. The second-order valence-corrected chi connectivity index (χ2v) is 6.85. The standard InChI is InChI=1S/C14H21N5O3S/c1-16-10-11(17(2)14(21)18(3)12(10)20)15-13(16)23-9-6-19-4-7-22-8-5-19/h4-9H2,1-3H3/p+1. The van der Waals surface area contributed by atoms with Gasteiger partial charge < -0.3 is 14.2 Å². The summed E-state index contributed by atoms with van der Waals surface area (Å²) in [6.07, 6.45) is 0. The van der Waals surface area contributed by atoms with Crippen molar-refractivity contribution in [2.45, 2.75) is 5.16 Å². The Bertz CT molecular complexity index is 832. The SMILES string of the molecule is Cn1c(=O)c2c(nc(SCC[NH+]3CCOCC3)n2C)n(C)c1=O. The lowest BCUT2D eigenvalue weighted by molar-refractivity contribution is -0.905. The Hall–Kier alpha value is -1.58. The number of nitrogens with zero attached hydrogens (tertiary/aromatic N) is 4. The minimum Gasteiger partial charge on any atom is -0.370 e. The Morgan fingerprint density at radius 2 is 1.83 bits per heavy atom. The van der Waals surface area contributed by atoms with E-state index in [1.807, 2.05) is 7.05 Å². The molecule has 1 fully saturated rings. The molecule has 0 aromatic carbocycles. The summed E-state index contributed by atoms with van der Waals surface area (Å²) in [4.78, 5) is 30.3. The number of aromatic nitrogens is 4. The first-order valence-corrected chi connectivity index (χ1v) is 8.66. The predicted molar refractivity (Wildman–Crippen MR) is 88.3 cm³/mol. The number of aryl methyl sites for hydroxylation is 2. The zero-order valence-electron chi connectivity index (χ0n) is 13.7. The lowest BCUT2D eigenvalue weighted by Gasteiger charge is -2.23. The first kappa shape index (κ1) is 16.3. The Morgan fingerprint density at radius 3 is 2.52 bits per heavy atom. The van der Waals surface area contributed by atoms with Crippen LogP contribution >= 0.6 is 11.8 Å². The van der Waals surface area contributed by atoms with Crippen molar-refractivity contribution in [3.8, 4) is 0 Å². The van der Waals surface area contributed by atoms with Crippen LogP contribution in [0.25, 0.3) is 11.2 Å². The topological polar surface area (TPSA) is 75.5 Å². The number of nitrogens with one attached hydrogen (secondary N) is 1. The Labute approximate surface area is 137 Å². The van der Waals surface area contributed by atoms with Crippen LogP contribution < -0.4 is 16.1 Å². The van der Waals surface area contributed by atoms with Gasteiger partial charge in [0.25, 0.3) is 5.56 Å². The summed E-state index contributed by atoms with van der Waals surface area (Å²) in [5.41, 5.74) is 0.260. The molecule has 1 aliphatic heterocycles. The van der Waals surface area contributed by atoms with Crippen LogP contribution in [0.4, 0.5) is 0 Å². The molecule has 2 aromatic heterocycles. The third-order valence-corrected chi connectivity index (χ3v) is 5.35. The van der Waals surface area contributed by atoms with Gasteiger partial charge in [0.05, 0.1) is 25.5 Å². The minimum atomic E-state index is -0.352. The van der Waals surface area contributed by atoms with Crippen LogP contribution in [0.1, 0.15) is 0 Å². The molecule has 3 rings (SSSR count). The van der Waals surface area contributed by atoms with Crippen LogP contribution in [0.2, 0.25) is 0 Å². The molecule has 1 N–H and O–H groups in total. The van der Waals surface area contributed by atoms with Crippen molar-refractivity contribution in [3.63, 3.8) is 0 Å². The van der Waals surface area contributed by atoms with Gasteiger partial charge in [-0.2, -0.15) is 0 Å². The molecule has 1 saturated heterocycles. The molecule has 0 aliphatic carbocycles. The van der Waals surface area contributed by atoms with Crippen LogP contribution in [-0.2, 0) is 25.9 Å². The Balaban J connectivity index is 1.83. The summed E-state index contributed by atoms with van der Waals surface area (Å²) < 4.78 is 9.69. The number of fused-ring (bicyclic) bond motifs is 1. The minimum absolute atomic E-state index is 0.302. The molecule has 0 saturated carbocycles. The van der Waals surface area contributed by atoms with Gasteiger partial charge in [-0.3, -0.25) is 13.9 Å². The van der Waals surface area contributed by atoms with E-state index in [9.17, 15) is 9.59 Å². The summed E-state index contributed by atoms with van der Waals surface area (Å²) in [7, 11) is 4.96. The number of imidazole rings is 1. The van der Waals surface area contributed by atoms with Crippen molar-refractivity contribution in [3.05, 3.63) is 20.8 Å². The molecule has 9 heteroatoms. The number of quaternary nitrogens is 1. The summed E-state index contributed by atoms with van der Waals surface area (Å²) in [5.74, 6) is 0.917. The van der Waals surface area contributed by atoms with Crippen molar-refractivity contribution in [1.82, 2.24) is 18.7 Å². The molecular weight excluding hydrogens is 318 g/mol. The second-order valence-electron chi connectivity index (χ2n) is 5.79. The summed E-state index contributed by atoms with van der Waals surface area (Å²) in [6, 6.07) is 0. The van der Waals surface area contributed by atoms with Crippen molar-refractivity contribution >= 4 is 22.9 Å². The first-order valence-electron chi connectivity index (χ1n) is 7.67. The molecule has 1 aliphatic rings. The molecule has 0 atom stereocenters. The summed E-state index contributed by atoms with van der Waals surface area (Å²) >= 11 is 1.62. The average Bonchev–Trinajstić information content (AvgIpc) is 2.89. The maximum absolute atomic E-state index is 12.3. The largest absolute Gasteiger partial charge is 0.370 e. The van der Waals surface area contributed by atoms with Gasteiger partial charge in [-0.25, -0.2) is 9.78 Å². The fraction of sp³-hybridized carbons (Fsp3) is 0.643. The van der Waals surface area contributed by atoms with Crippen LogP contribution in [0.3, 0.4) is 0 Å². The van der Waals surface area contributed by atoms with E-state index in [0.717, 1.165) is 48.3 Å². The number of thioether (sulfide) groups is 1. The first-order chi connectivity index (χ1) is 11.0.